The summed E-state index contributed by atoms with van der Waals surface area (Å²) >= 11 is 0. The minimum Gasteiger partial charge on any atom is -0.356 e. The topological polar surface area (TPSA) is 36.4 Å². The summed E-state index contributed by atoms with van der Waals surface area (Å²) in [6.45, 7) is 6.23. The van der Waals surface area contributed by atoms with Gasteiger partial charge in [-0.15, -0.1) is 0 Å². The fourth-order valence-corrected chi connectivity index (χ4v) is 1.42. The lowest BCUT2D eigenvalue weighted by molar-refractivity contribution is 0.647. The molecule has 0 aromatic heterocycles. The van der Waals surface area contributed by atoms with Crippen LogP contribution in [-0.2, 0) is 0 Å². The van der Waals surface area contributed by atoms with Gasteiger partial charge in [-0.1, -0.05) is 38.3 Å². The van der Waals surface area contributed by atoms with E-state index in [4.69, 9.17) is 0 Å². The normalized spacial score (nSPS) is 12.1. The van der Waals surface area contributed by atoms with Crippen LogP contribution in [0.1, 0.15) is 46.0 Å². The zero-order valence-electron chi connectivity index (χ0n) is 11.1. The van der Waals surface area contributed by atoms with Gasteiger partial charge < -0.3 is 10.6 Å². The second-order valence-corrected chi connectivity index (χ2v) is 3.84. The van der Waals surface area contributed by atoms with Crippen molar-refractivity contribution in [3.8, 4) is 0 Å². The number of guanidine groups is 1. The lowest BCUT2D eigenvalue weighted by Gasteiger charge is -2.10. The summed E-state index contributed by atoms with van der Waals surface area (Å²) in [5.41, 5.74) is 0. The standard InChI is InChI=1S/C13H27N3/c1-4-6-8-10-12-16-13(14-3)15-11-9-7-5-2/h5,7H,4,6,8-12H2,1-3H3,(H2,14,15,16)/b7-5+. The van der Waals surface area contributed by atoms with E-state index in [1.54, 1.807) is 0 Å². The molecule has 94 valence electrons. The van der Waals surface area contributed by atoms with E-state index >= 15 is 0 Å². The number of hydrogen-bond acceptors (Lipinski definition) is 1. The Morgan fingerprint density at radius 3 is 2.50 bits per heavy atom. The van der Waals surface area contributed by atoms with Gasteiger partial charge in [0.05, 0.1) is 0 Å². The lowest BCUT2D eigenvalue weighted by atomic mass is 10.2. The van der Waals surface area contributed by atoms with Crippen LogP contribution in [0.25, 0.3) is 0 Å². The van der Waals surface area contributed by atoms with Crippen molar-refractivity contribution in [3.05, 3.63) is 12.2 Å². The van der Waals surface area contributed by atoms with Gasteiger partial charge in [0.2, 0.25) is 0 Å². The molecule has 0 saturated heterocycles. The van der Waals surface area contributed by atoms with Gasteiger partial charge >= 0.3 is 0 Å². The van der Waals surface area contributed by atoms with Crippen LogP contribution in [0, 0.1) is 0 Å². The predicted molar refractivity (Wildman–Crippen MR) is 72.9 cm³/mol. The Kier molecular flexibility index (Phi) is 11.3. The van der Waals surface area contributed by atoms with Crippen molar-refractivity contribution in [1.82, 2.24) is 10.6 Å². The summed E-state index contributed by atoms with van der Waals surface area (Å²) in [5, 5.41) is 6.60. The molecule has 0 saturated carbocycles. The number of nitrogens with zero attached hydrogens (tertiary/aromatic N) is 1. The number of rotatable bonds is 8. The quantitative estimate of drug-likeness (QED) is 0.288. The van der Waals surface area contributed by atoms with Crippen LogP contribution in [-0.4, -0.2) is 26.1 Å². The molecule has 0 rings (SSSR count). The first-order valence-corrected chi connectivity index (χ1v) is 6.40. The Balaban J connectivity index is 3.45. The highest BCUT2D eigenvalue weighted by Crippen LogP contribution is 1.96. The van der Waals surface area contributed by atoms with Gasteiger partial charge in [0, 0.05) is 20.1 Å². The number of allylic oxidation sites excluding steroid dienone is 1. The molecule has 2 N–H and O–H groups in total. The summed E-state index contributed by atoms with van der Waals surface area (Å²) in [6, 6.07) is 0. The fraction of sp³-hybridized carbons (Fsp3) is 0.769. The predicted octanol–water partition coefficient (Wildman–Crippen LogP) is 2.70. The smallest absolute Gasteiger partial charge is 0.190 e. The summed E-state index contributed by atoms with van der Waals surface area (Å²) in [6.07, 6.45) is 10.4. The minimum absolute atomic E-state index is 0.918. The van der Waals surface area contributed by atoms with E-state index in [0.29, 0.717) is 0 Å². The molecule has 0 fully saturated rings. The molecule has 0 atom stereocenters. The fourth-order valence-electron chi connectivity index (χ4n) is 1.42. The summed E-state index contributed by atoms with van der Waals surface area (Å²) < 4.78 is 0. The zero-order chi connectivity index (χ0) is 12.1. The van der Waals surface area contributed by atoms with Crippen LogP contribution in [0.5, 0.6) is 0 Å². The SMILES string of the molecule is C/C=C/CCNC(=NC)NCCCCCC. The van der Waals surface area contributed by atoms with Crippen LogP contribution in [0.4, 0.5) is 0 Å². The van der Waals surface area contributed by atoms with Gasteiger partial charge in [-0.3, -0.25) is 4.99 Å². The number of aliphatic imine (C=N–C) groups is 1. The van der Waals surface area contributed by atoms with Gasteiger partial charge in [0.15, 0.2) is 5.96 Å². The van der Waals surface area contributed by atoms with Crippen molar-refractivity contribution in [2.24, 2.45) is 4.99 Å². The first-order chi connectivity index (χ1) is 7.85. The first kappa shape index (κ1) is 15.0. The van der Waals surface area contributed by atoms with Crippen LogP contribution >= 0.6 is 0 Å². The average molecular weight is 225 g/mol. The van der Waals surface area contributed by atoms with Gasteiger partial charge in [-0.25, -0.2) is 0 Å². The van der Waals surface area contributed by atoms with Crippen LogP contribution in [0.2, 0.25) is 0 Å². The van der Waals surface area contributed by atoms with Crippen molar-refractivity contribution >= 4 is 5.96 Å². The Hall–Kier alpha value is -0.990. The Morgan fingerprint density at radius 1 is 1.12 bits per heavy atom. The molecule has 3 heteroatoms. The maximum absolute atomic E-state index is 4.17. The third kappa shape index (κ3) is 9.56. The van der Waals surface area contributed by atoms with Crippen molar-refractivity contribution < 1.29 is 0 Å². The van der Waals surface area contributed by atoms with Gasteiger partial charge in [-0.2, -0.15) is 0 Å². The Bertz CT molecular complexity index is 197. The summed E-state index contributed by atoms with van der Waals surface area (Å²) in [4.78, 5) is 4.17. The third-order valence-electron chi connectivity index (χ3n) is 2.39. The molecule has 0 heterocycles. The molecule has 0 unspecified atom stereocenters. The molecular formula is C13H27N3. The molecule has 0 aliphatic rings. The summed E-state index contributed by atoms with van der Waals surface area (Å²) in [5.74, 6) is 0.918. The average Bonchev–Trinajstić information content (AvgIpc) is 2.31. The van der Waals surface area contributed by atoms with Crippen molar-refractivity contribution in [3.63, 3.8) is 0 Å². The zero-order valence-corrected chi connectivity index (χ0v) is 11.1. The number of hydrogen-bond donors (Lipinski definition) is 2. The molecular weight excluding hydrogens is 198 g/mol. The Morgan fingerprint density at radius 2 is 1.88 bits per heavy atom. The first-order valence-electron chi connectivity index (χ1n) is 6.40. The van der Waals surface area contributed by atoms with E-state index in [1.807, 2.05) is 14.0 Å². The molecule has 0 bridgehead atoms. The highest BCUT2D eigenvalue weighted by molar-refractivity contribution is 5.79. The molecule has 0 amide bonds. The Labute approximate surface area is 100 Å². The molecule has 0 aromatic carbocycles. The van der Waals surface area contributed by atoms with Gasteiger partial charge in [0.25, 0.3) is 0 Å². The third-order valence-corrected chi connectivity index (χ3v) is 2.39. The molecule has 0 aliphatic heterocycles. The van der Waals surface area contributed by atoms with E-state index < -0.39 is 0 Å². The highest BCUT2D eigenvalue weighted by atomic mass is 15.2. The van der Waals surface area contributed by atoms with E-state index in [2.05, 4.69) is 34.7 Å². The van der Waals surface area contributed by atoms with Gasteiger partial charge in [-0.05, 0) is 19.8 Å². The van der Waals surface area contributed by atoms with Crippen LogP contribution in [0.15, 0.2) is 17.1 Å². The lowest BCUT2D eigenvalue weighted by Crippen LogP contribution is -2.38. The highest BCUT2D eigenvalue weighted by Gasteiger charge is 1.94. The number of unbranched alkanes of at least 4 members (excludes halogenated alkanes) is 3. The monoisotopic (exact) mass is 225 g/mol. The van der Waals surface area contributed by atoms with E-state index in [1.165, 1.54) is 25.7 Å². The second-order valence-electron chi connectivity index (χ2n) is 3.84. The maximum atomic E-state index is 4.17. The van der Waals surface area contributed by atoms with E-state index in [9.17, 15) is 0 Å². The molecule has 3 nitrogen and oxygen atoms in total. The molecule has 0 aromatic rings. The van der Waals surface area contributed by atoms with Crippen molar-refractivity contribution in [2.75, 3.05) is 20.1 Å². The van der Waals surface area contributed by atoms with Crippen LogP contribution in [0.3, 0.4) is 0 Å². The molecule has 0 radical (unpaired) electrons. The minimum atomic E-state index is 0.918. The molecule has 0 aliphatic carbocycles. The second kappa shape index (κ2) is 12.1. The van der Waals surface area contributed by atoms with E-state index in [0.717, 1.165) is 25.5 Å². The van der Waals surface area contributed by atoms with E-state index in [-0.39, 0.29) is 0 Å². The number of nitrogens with one attached hydrogen (secondary N) is 2. The van der Waals surface area contributed by atoms with Gasteiger partial charge in [0.1, 0.15) is 0 Å². The van der Waals surface area contributed by atoms with Crippen LogP contribution < -0.4 is 10.6 Å². The molecule has 0 spiro atoms. The molecule has 16 heavy (non-hydrogen) atoms. The van der Waals surface area contributed by atoms with Crippen molar-refractivity contribution in [1.29, 1.82) is 0 Å². The summed E-state index contributed by atoms with van der Waals surface area (Å²) in [7, 11) is 1.82. The largest absolute Gasteiger partial charge is 0.356 e. The van der Waals surface area contributed by atoms with Crippen molar-refractivity contribution in [2.45, 2.75) is 46.0 Å². The maximum Gasteiger partial charge on any atom is 0.190 e.